The molecular weight excluding hydrogens is 296 g/mol. The van der Waals surface area contributed by atoms with Crippen molar-refractivity contribution in [3.8, 4) is 6.07 Å². The zero-order chi connectivity index (χ0) is 14.8. The van der Waals surface area contributed by atoms with E-state index in [2.05, 4.69) is 4.72 Å². The topological polar surface area (TPSA) is 70.0 Å². The number of aryl methyl sites for hydroxylation is 1. The molecule has 2 rings (SSSR count). The molecule has 0 atom stereocenters. The number of hydrogen-bond acceptors (Lipinski definition) is 3. The van der Waals surface area contributed by atoms with E-state index in [1.807, 2.05) is 6.07 Å². The molecule has 0 unspecified atom stereocenters. The highest BCUT2D eigenvalue weighted by atomic mass is 35.5. The van der Waals surface area contributed by atoms with E-state index in [4.69, 9.17) is 16.9 Å². The highest BCUT2D eigenvalue weighted by molar-refractivity contribution is 7.92. The van der Waals surface area contributed by atoms with Gasteiger partial charge in [0.15, 0.2) is 0 Å². The minimum Gasteiger partial charge on any atom is -0.278 e. The Morgan fingerprint density at radius 1 is 1.20 bits per heavy atom. The fraction of sp³-hybridized carbons (Fsp3) is 0.0714. The number of anilines is 1. The molecule has 0 aliphatic rings. The van der Waals surface area contributed by atoms with Crippen LogP contribution in [0.1, 0.15) is 11.1 Å². The zero-order valence-corrected chi connectivity index (χ0v) is 12.2. The molecule has 0 bridgehead atoms. The van der Waals surface area contributed by atoms with Gasteiger partial charge in [0, 0.05) is 5.02 Å². The summed E-state index contributed by atoms with van der Waals surface area (Å²) in [6, 6.07) is 12.8. The van der Waals surface area contributed by atoms with Crippen molar-refractivity contribution in [2.75, 3.05) is 4.72 Å². The van der Waals surface area contributed by atoms with Gasteiger partial charge in [-0.25, -0.2) is 8.42 Å². The van der Waals surface area contributed by atoms with E-state index < -0.39 is 10.0 Å². The third-order valence-electron chi connectivity index (χ3n) is 2.75. The Balaban J connectivity index is 2.41. The van der Waals surface area contributed by atoms with Crippen molar-refractivity contribution in [1.29, 1.82) is 5.26 Å². The Morgan fingerprint density at radius 3 is 2.55 bits per heavy atom. The lowest BCUT2D eigenvalue weighted by molar-refractivity contribution is 0.601. The number of sulfonamides is 1. The molecule has 0 saturated heterocycles. The fourth-order valence-corrected chi connectivity index (χ4v) is 2.96. The number of hydrogen-bond donors (Lipinski definition) is 1. The van der Waals surface area contributed by atoms with E-state index >= 15 is 0 Å². The Kier molecular flexibility index (Phi) is 3.98. The van der Waals surface area contributed by atoms with Crippen molar-refractivity contribution in [3.63, 3.8) is 0 Å². The Labute approximate surface area is 122 Å². The Morgan fingerprint density at radius 2 is 1.90 bits per heavy atom. The predicted molar refractivity (Wildman–Crippen MR) is 78.2 cm³/mol. The number of nitrogens with zero attached hydrogens (tertiary/aromatic N) is 1. The van der Waals surface area contributed by atoms with Crippen LogP contribution in [0.5, 0.6) is 0 Å². The summed E-state index contributed by atoms with van der Waals surface area (Å²) in [5.74, 6) is 0. The summed E-state index contributed by atoms with van der Waals surface area (Å²) in [5, 5.41) is 9.34. The molecule has 102 valence electrons. The van der Waals surface area contributed by atoms with Crippen molar-refractivity contribution in [3.05, 3.63) is 58.6 Å². The normalized spacial score (nSPS) is 10.8. The third-order valence-corrected chi connectivity index (χ3v) is 4.52. The summed E-state index contributed by atoms with van der Waals surface area (Å²) >= 11 is 5.94. The molecule has 0 amide bonds. The average molecular weight is 307 g/mol. The largest absolute Gasteiger partial charge is 0.278 e. The van der Waals surface area contributed by atoms with Crippen molar-refractivity contribution >= 4 is 27.3 Å². The van der Waals surface area contributed by atoms with Gasteiger partial charge in [-0.3, -0.25) is 4.72 Å². The lowest BCUT2D eigenvalue weighted by Gasteiger charge is -2.10. The molecule has 20 heavy (non-hydrogen) atoms. The number of para-hydroxylation sites is 1. The first-order chi connectivity index (χ1) is 9.44. The molecule has 0 saturated carbocycles. The van der Waals surface area contributed by atoms with E-state index in [-0.39, 0.29) is 16.1 Å². The van der Waals surface area contributed by atoms with Crippen LogP contribution in [0, 0.1) is 18.3 Å². The van der Waals surface area contributed by atoms with Crippen molar-refractivity contribution < 1.29 is 8.42 Å². The highest BCUT2D eigenvalue weighted by Gasteiger charge is 2.16. The van der Waals surface area contributed by atoms with Gasteiger partial charge in [0.05, 0.1) is 16.1 Å². The molecule has 0 aliphatic carbocycles. The van der Waals surface area contributed by atoms with E-state index in [9.17, 15) is 8.42 Å². The molecule has 0 radical (unpaired) electrons. The molecule has 0 spiro atoms. The summed E-state index contributed by atoms with van der Waals surface area (Å²) in [4.78, 5) is 0.0563. The molecule has 0 heterocycles. The summed E-state index contributed by atoms with van der Waals surface area (Å²) in [6.45, 7) is 1.79. The highest BCUT2D eigenvalue weighted by Crippen LogP contribution is 2.23. The first-order valence-electron chi connectivity index (χ1n) is 5.72. The number of benzene rings is 2. The summed E-state index contributed by atoms with van der Waals surface area (Å²) in [6.07, 6.45) is 0. The molecule has 2 aromatic rings. The molecule has 0 fully saturated rings. The monoisotopic (exact) mass is 306 g/mol. The number of halogens is 1. The summed E-state index contributed by atoms with van der Waals surface area (Å²) in [5.41, 5.74) is 1.30. The van der Waals surface area contributed by atoms with E-state index in [0.29, 0.717) is 5.02 Å². The van der Waals surface area contributed by atoms with Gasteiger partial charge in [0.1, 0.15) is 6.07 Å². The van der Waals surface area contributed by atoms with Crippen LogP contribution in [0.15, 0.2) is 47.4 Å². The van der Waals surface area contributed by atoms with E-state index in [1.165, 1.54) is 18.2 Å². The lowest BCUT2D eigenvalue weighted by Crippen LogP contribution is -2.13. The molecule has 6 heteroatoms. The molecule has 0 aromatic heterocycles. The minimum atomic E-state index is -3.77. The summed E-state index contributed by atoms with van der Waals surface area (Å²) in [7, 11) is -3.77. The summed E-state index contributed by atoms with van der Waals surface area (Å²) < 4.78 is 26.9. The average Bonchev–Trinajstić information content (AvgIpc) is 2.42. The maximum Gasteiger partial charge on any atom is 0.261 e. The molecule has 0 aliphatic heterocycles. The number of nitriles is 1. The Bertz CT molecular complexity index is 795. The van der Waals surface area contributed by atoms with Gasteiger partial charge in [-0.05, 0) is 36.8 Å². The third kappa shape index (κ3) is 2.93. The van der Waals surface area contributed by atoms with E-state index in [0.717, 1.165) is 5.56 Å². The van der Waals surface area contributed by atoms with Gasteiger partial charge < -0.3 is 0 Å². The smallest absolute Gasteiger partial charge is 0.261 e. The van der Waals surface area contributed by atoms with Crippen LogP contribution in [0.2, 0.25) is 5.02 Å². The standard InChI is InChI=1S/C14H11ClN2O2S/c1-10-6-7-12(8-13(10)15)20(18,19)17-14-5-3-2-4-11(14)9-16/h2-8,17H,1H3. The van der Waals surface area contributed by atoms with Crippen molar-refractivity contribution in [2.24, 2.45) is 0 Å². The van der Waals surface area contributed by atoms with Crippen molar-refractivity contribution in [2.45, 2.75) is 11.8 Å². The second kappa shape index (κ2) is 5.53. The van der Waals surface area contributed by atoms with Crippen LogP contribution in [-0.2, 0) is 10.0 Å². The van der Waals surface area contributed by atoms with E-state index in [1.54, 1.807) is 31.2 Å². The van der Waals surface area contributed by atoms with Crippen LogP contribution in [0.4, 0.5) is 5.69 Å². The van der Waals surface area contributed by atoms with Gasteiger partial charge in [-0.2, -0.15) is 5.26 Å². The van der Waals surface area contributed by atoms with Gasteiger partial charge in [-0.1, -0.05) is 29.8 Å². The molecule has 4 nitrogen and oxygen atoms in total. The second-order valence-electron chi connectivity index (χ2n) is 4.17. The maximum atomic E-state index is 12.3. The quantitative estimate of drug-likeness (QED) is 0.945. The van der Waals surface area contributed by atoms with Gasteiger partial charge in [-0.15, -0.1) is 0 Å². The predicted octanol–water partition coefficient (Wildman–Crippen LogP) is 3.32. The SMILES string of the molecule is Cc1ccc(S(=O)(=O)Nc2ccccc2C#N)cc1Cl. The lowest BCUT2D eigenvalue weighted by atomic mass is 10.2. The fourth-order valence-electron chi connectivity index (χ4n) is 1.61. The maximum absolute atomic E-state index is 12.3. The van der Waals surface area contributed by atoms with Gasteiger partial charge in [0.25, 0.3) is 10.0 Å². The van der Waals surface area contributed by atoms with Crippen LogP contribution in [-0.4, -0.2) is 8.42 Å². The molecule has 1 N–H and O–H groups in total. The first kappa shape index (κ1) is 14.4. The van der Waals surface area contributed by atoms with Crippen LogP contribution in [0.25, 0.3) is 0 Å². The van der Waals surface area contributed by atoms with Crippen molar-refractivity contribution in [1.82, 2.24) is 0 Å². The molecule has 2 aromatic carbocycles. The van der Waals surface area contributed by atoms with Gasteiger partial charge in [0.2, 0.25) is 0 Å². The number of nitrogens with one attached hydrogen (secondary N) is 1. The zero-order valence-electron chi connectivity index (χ0n) is 10.6. The first-order valence-corrected chi connectivity index (χ1v) is 7.58. The molecular formula is C14H11ClN2O2S. The minimum absolute atomic E-state index is 0.0563. The van der Waals surface area contributed by atoms with Crippen LogP contribution >= 0.6 is 11.6 Å². The van der Waals surface area contributed by atoms with Crippen LogP contribution < -0.4 is 4.72 Å². The second-order valence-corrected chi connectivity index (χ2v) is 6.26. The number of rotatable bonds is 3. The van der Waals surface area contributed by atoms with Crippen LogP contribution in [0.3, 0.4) is 0 Å². The van der Waals surface area contributed by atoms with Gasteiger partial charge >= 0.3 is 0 Å². The Hall–Kier alpha value is -2.03.